The number of amides is 1. The SMILES string of the molecule is N#CC1(NC(=O)[C@@H]2CCC(F)(F)C[C@H]2c2nn(-c3ccc(F)cc3)cc2-c2ccc(N3CCS(O)(O)CC3)cc2)CC1. The number of hydrogen-bond acceptors (Lipinski definition) is 6. The number of rotatable bonds is 6. The van der Waals surface area contributed by atoms with E-state index in [9.17, 15) is 32.3 Å². The molecule has 1 saturated heterocycles. The fourth-order valence-electron chi connectivity index (χ4n) is 5.90. The van der Waals surface area contributed by atoms with Crippen molar-refractivity contribution in [3.05, 3.63) is 66.2 Å². The molecule has 2 aliphatic carbocycles. The van der Waals surface area contributed by atoms with E-state index in [1.807, 2.05) is 24.3 Å². The second-order valence-corrected chi connectivity index (χ2v) is 14.0. The predicted molar refractivity (Wildman–Crippen MR) is 155 cm³/mol. The summed E-state index contributed by atoms with van der Waals surface area (Å²) < 4.78 is 64.9. The van der Waals surface area contributed by atoms with Crippen molar-refractivity contribution in [1.29, 1.82) is 5.26 Å². The second kappa shape index (κ2) is 10.6. The van der Waals surface area contributed by atoms with E-state index in [0.717, 1.165) is 5.69 Å². The average molecular weight is 600 g/mol. The highest BCUT2D eigenvalue weighted by molar-refractivity contribution is 8.24. The topological polar surface area (TPSA) is 114 Å². The number of nitriles is 1. The summed E-state index contributed by atoms with van der Waals surface area (Å²) in [4.78, 5) is 15.5. The van der Waals surface area contributed by atoms with Crippen LogP contribution >= 0.6 is 10.6 Å². The van der Waals surface area contributed by atoms with Gasteiger partial charge in [-0.1, -0.05) is 12.1 Å². The monoisotopic (exact) mass is 599 g/mol. The van der Waals surface area contributed by atoms with Crippen LogP contribution < -0.4 is 10.2 Å². The van der Waals surface area contributed by atoms with Crippen LogP contribution in [0.1, 0.15) is 43.7 Å². The van der Waals surface area contributed by atoms with Crippen LogP contribution in [0.2, 0.25) is 0 Å². The number of carbonyl (C=O) groups excluding carboxylic acids is 1. The Balaban J connectivity index is 1.37. The van der Waals surface area contributed by atoms with Gasteiger partial charge in [-0.25, -0.2) is 17.9 Å². The minimum atomic E-state index is -2.99. The van der Waals surface area contributed by atoms with Gasteiger partial charge in [0.1, 0.15) is 11.4 Å². The van der Waals surface area contributed by atoms with E-state index in [-0.39, 0.29) is 6.42 Å². The van der Waals surface area contributed by atoms with E-state index in [4.69, 9.17) is 5.10 Å². The van der Waals surface area contributed by atoms with Crippen LogP contribution in [-0.2, 0) is 4.79 Å². The largest absolute Gasteiger partial charge is 0.368 e. The fourth-order valence-corrected chi connectivity index (χ4v) is 7.13. The van der Waals surface area contributed by atoms with E-state index in [0.29, 0.717) is 59.9 Å². The molecular weight excluding hydrogens is 567 g/mol. The van der Waals surface area contributed by atoms with Gasteiger partial charge in [-0.15, -0.1) is 0 Å². The van der Waals surface area contributed by atoms with E-state index >= 15 is 0 Å². The first kappa shape index (κ1) is 28.6. The van der Waals surface area contributed by atoms with Gasteiger partial charge in [0.25, 0.3) is 0 Å². The quantitative estimate of drug-likeness (QED) is 0.323. The maximum atomic E-state index is 14.9. The first-order valence-electron chi connectivity index (χ1n) is 14.0. The van der Waals surface area contributed by atoms with Gasteiger partial charge in [0, 0.05) is 55.2 Å². The number of nitrogens with one attached hydrogen (secondary N) is 1. The highest BCUT2D eigenvalue weighted by Crippen LogP contribution is 2.48. The Morgan fingerprint density at radius 3 is 2.29 bits per heavy atom. The number of halogens is 3. The van der Waals surface area contributed by atoms with Crippen molar-refractivity contribution < 1.29 is 27.1 Å². The van der Waals surface area contributed by atoms with Gasteiger partial charge < -0.3 is 10.2 Å². The summed E-state index contributed by atoms with van der Waals surface area (Å²) in [6.45, 7) is 1.02. The van der Waals surface area contributed by atoms with Crippen LogP contribution in [-0.4, -0.2) is 60.8 Å². The Morgan fingerprint density at radius 1 is 1.02 bits per heavy atom. The Hall–Kier alpha value is -3.53. The third-order valence-electron chi connectivity index (χ3n) is 8.59. The van der Waals surface area contributed by atoms with E-state index < -0.39 is 58.5 Å². The summed E-state index contributed by atoms with van der Waals surface area (Å²) in [5.41, 5.74) is 2.16. The Labute approximate surface area is 243 Å². The molecule has 3 aromatic rings. The molecule has 12 heteroatoms. The number of alkyl halides is 2. The van der Waals surface area contributed by atoms with Crippen molar-refractivity contribution in [3.8, 4) is 22.9 Å². The molecule has 1 aromatic heterocycles. The molecule has 3 aliphatic rings. The Morgan fingerprint density at radius 2 is 1.67 bits per heavy atom. The molecule has 1 amide bonds. The summed E-state index contributed by atoms with van der Waals surface area (Å²) in [7, 11) is -2.54. The van der Waals surface area contributed by atoms with E-state index in [1.165, 1.54) is 16.8 Å². The van der Waals surface area contributed by atoms with Crippen molar-refractivity contribution >= 4 is 22.2 Å². The molecule has 3 fully saturated rings. The normalized spacial score (nSPS) is 24.8. The van der Waals surface area contributed by atoms with Crippen LogP contribution in [0.15, 0.2) is 54.7 Å². The molecule has 2 aromatic carbocycles. The maximum absolute atomic E-state index is 14.9. The first-order chi connectivity index (χ1) is 20.0. The van der Waals surface area contributed by atoms with Crippen molar-refractivity contribution in [2.75, 3.05) is 29.5 Å². The molecular formula is C30H32F3N5O3S. The van der Waals surface area contributed by atoms with Gasteiger partial charge >= 0.3 is 0 Å². The van der Waals surface area contributed by atoms with Gasteiger partial charge in [0.2, 0.25) is 11.8 Å². The van der Waals surface area contributed by atoms with Crippen LogP contribution in [0.5, 0.6) is 0 Å². The lowest BCUT2D eigenvalue weighted by molar-refractivity contribution is -0.131. The molecule has 0 radical (unpaired) electrons. The standard InChI is InChI=1S/C30H32F3N5O3S/c31-21-3-7-23(8-4-21)38-18-26(20-1-5-22(6-2-20)37-13-15-42(40,41)16-14-37)27(36-38)25-17-30(32,33)10-9-24(25)28(39)35-29(19-34)11-12-29/h1-8,18,24-25,40-41H,9-17H2,(H,35,39)/t24-,25-/m1/s1. The Bertz CT molecular complexity index is 1510. The molecule has 8 nitrogen and oxygen atoms in total. The zero-order valence-electron chi connectivity index (χ0n) is 22.8. The molecule has 222 valence electrons. The molecule has 2 heterocycles. The van der Waals surface area contributed by atoms with Crippen LogP contribution in [0.3, 0.4) is 0 Å². The number of carbonyl (C=O) groups is 1. The third kappa shape index (κ3) is 5.86. The lowest BCUT2D eigenvalue weighted by atomic mass is 9.74. The van der Waals surface area contributed by atoms with E-state index in [2.05, 4.69) is 16.3 Å². The third-order valence-corrected chi connectivity index (χ3v) is 10.3. The number of anilines is 1. The van der Waals surface area contributed by atoms with Crippen LogP contribution in [0.25, 0.3) is 16.8 Å². The molecule has 0 spiro atoms. The molecule has 0 bridgehead atoms. The summed E-state index contributed by atoms with van der Waals surface area (Å²) in [5.74, 6) is -4.92. The molecule has 3 N–H and O–H groups in total. The predicted octanol–water partition coefficient (Wildman–Crippen LogP) is 5.94. The highest BCUT2D eigenvalue weighted by atomic mass is 32.3. The van der Waals surface area contributed by atoms with E-state index in [1.54, 1.807) is 18.3 Å². The fraction of sp³-hybridized carbons (Fsp3) is 0.433. The summed E-state index contributed by atoms with van der Waals surface area (Å²) in [6, 6.07) is 15.3. The van der Waals surface area contributed by atoms with Gasteiger partial charge in [-0.3, -0.25) is 13.9 Å². The summed E-state index contributed by atoms with van der Waals surface area (Å²) >= 11 is 0. The van der Waals surface area contributed by atoms with Gasteiger partial charge in [0.15, 0.2) is 0 Å². The van der Waals surface area contributed by atoms with Crippen molar-refractivity contribution in [1.82, 2.24) is 15.1 Å². The number of hydrogen-bond donors (Lipinski definition) is 3. The molecule has 2 saturated carbocycles. The van der Waals surface area contributed by atoms with Gasteiger partial charge in [-0.2, -0.15) is 21.0 Å². The highest BCUT2D eigenvalue weighted by Gasteiger charge is 2.50. The van der Waals surface area contributed by atoms with Crippen LogP contribution in [0.4, 0.5) is 18.9 Å². The zero-order valence-corrected chi connectivity index (χ0v) is 23.7. The first-order valence-corrected chi connectivity index (χ1v) is 15.9. The molecule has 1 aliphatic heterocycles. The van der Waals surface area contributed by atoms with Gasteiger partial charge in [-0.05, 0) is 61.2 Å². The molecule has 0 unspecified atom stereocenters. The smallest absolute Gasteiger partial charge is 0.248 e. The minimum Gasteiger partial charge on any atom is -0.368 e. The Kier molecular flexibility index (Phi) is 7.23. The zero-order chi connectivity index (χ0) is 29.7. The summed E-state index contributed by atoms with van der Waals surface area (Å²) in [6.07, 6.45) is 1.76. The average Bonchev–Trinajstić information content (AvgIpc) is 3.59. The van der Waals surface area contributed by atoms with Crippen molar-refractivity contribution in [2.24, 2.45) is 5.92 Å². The number of benzene rings is 2. The lowest BCUT2D eigenvalue weighted by Crippen LogP contribution is -2.45. The van der Waals surface area contributed by atoms with Crippen molar-refractivity contribution in [2.45, 2.75) is 49.5 Å². The lowest BCUT2D eigenvalue weighted by Gasteiger charge is -2.41. The number of nitrogens with zero attached hydrogens (tertiary/aromatic N) is 4. The maximum Gasteiger partial charge on any atom is 0.248 e. The molecule has 6 rings (SSSR count). The van der Waals surface area contributed by atoms with Crippen LogP contribution in [0, 0.1) is 23.1 Å². The summed E-state index contributed by atoms with van der Waals surface area (Å²) in [5, 5.41) is 17.0. The van der Waals surface area contributed by atoms with Crippen molar-refractivity contribution in [3.63, 3.8) is 0 Å². The molecule has 42 heavy (non-hydrogen) atoms. The molecule has 2 atom stereocenters. The van der Waals surface area contributed by atoms with Gasteiger partial charge in [0.05, 0.1) is 29.0 Å². The minimum absolute atomic E-state index is 0.0407. The number of aromatic nitrogens is 2. The second-order valence-electron chi connectivity index (χ2n) is 11.6.